The number of likely N-dealkylation sites (tertiary alicyclic amines) is 1. The van der Waals surface area contributed by atoms with Crippen LogP contribution in [0.4, 0.5) is 0 Å². The molecule has 1 aliphatic carbocycles. The van der Waals surface area contributed by atoms with E-state index >= 15 is 0 Å². The van der Waals surface area contributed by atoms with Gasteiger partial charge in [-0.2, -0.15) is 4.91 Å². The summed E-state index contributed by atoms with van der Waals surface area (Å²) in [5.41, 5.74) is -0.0529. The minimum atomic E-state index is -2.68. The molecule has 0 radical (unpaired) electrons. The van der Waals surface area contributed by atoms with Gasteiger partial charge < -0.3 is 9.84 Å². The molecule has 0 amide bonds. The number of hydrogen-bond acceptors (Lipinski definition) is 6. The summed E-state index contributed by atoms with van der Waals surface area (Å²) in [5.74, 6) is 0. The molecule has 23 heavy (non-hydrogen) atoms. The molecule has 1 atom stereocenters. The molecule has 1 saturated carbocycles. The fourth-order valence-electron chi connectivity index (χ4n) is 3.88. The zero-order valence-electron chi connectivity index (χ0n) is 14.2. The Bertz CT molecular complexity index is 471. The molecule has 132 valence electrons. The Balaban J connectivity index is 1.57. The van der Waals surface area contributed by atoms with E-state index in [1.807, 2.05) is 4.67 Å². The molecule has 2 aliphatic heterocycles. The van der Waals surface area contributed by atoms with Gasteiger partial charge in [-0.3, -0.25) is 9.46 Å². The molecule has 0 aromatic heterocycles. The molecule has 2 heterocycles. The van der Waals surface area contributed by atoms with Gasteiger partial charge in [0, 0.05) is 57.6 Å². The second-order valence-corrected chi connectivity index (χ2v) is 9.87. The summed E-state index contributed by atoms with van der Waals surface area (Å²) in [4.78, 5) is 13.1. The fraction of sp³-hybridized carbons (Fsp3) is 1.00. The van der Waals surface area contributed by atoms with Crippen molar-refractivity contribution in [2.45, 2.75) is 49.7 Å². The molecule has 2 saturated heterocycles. The highest BCUT2D eigenvalue weighted by Crippen LogP contribution is 2.53. The molecule has 1 N–H and O–H groups in total. The second kappa shape index (κ2) is 6.89. The lowest BCUT2D eigenvalue weighted by atomic mass is 9.84. The first-order valence-electron chi connectivity index (χ1n) is 8.68. The van der Waals surface area contributed by atoms with E-state index in [9.17, 15) is 9.47 Å². The van der Waals surface area contributed by atoms with Gasteiger partial charge in [-0.15, -0.1) is 0 Å². The third-order valence-electron chi connectivity index (χ3n) is 5.69. The van der Waals surface area contributed by atoms with Crippen molar-refractivity contribution < 1.29 is 9.09 Å². The van der Waals surface area contributed by atoms with Crippen LogP contribution in [0.15, 0.2) is 5.18 Å². The van der Waals surface area contributed by atoms with Crippen molar-refractivity contribution in [3.8, 4) is 0 Å². The molecular weight excluding hydrogens is 315 g/mol. The second-order valence-electron chi connectivity index (χ2n) is 7.34. The van der Waals surface area contributed by atoms with E-state index in [-0.39, 0.29) is 5.54 Å². The first-order chi connectivity index (χ1) is 11.0. The smallest absolute Gasteiger partial charge is 0.269 e. The van der Waals surface area contributed by atoms with E-state index < -0.39 is 7.52 Å². The maximum absolute atomic E-state index is 12.4. The minimum absolute atomic E-state index is 0.0529. The molecule has 3 fully saturated rings. The van der Waals surface area contributed by atoms with Crippen molar-refractivity contribution in [3.05, 3.63) is 4.91 Å². The molecule has 0 spiro atoms. The largest absolute Gasteiger partial charge is 0.321 e. The summed E-state index contributed by atoms with van der Waals surface area (Å²) in [7, 11) is -1.18. The van der Waals surface area contributed by atoms with Gasteiger partial charge in [-0.25, -0.2) is 4.67 Å². The van der Waals surface area contributed by atoms with Crippen LogP contribution in [0.5, 0.6) is 0 Å². The highest BCUT2D eigenvalue weighted by molar-refractivity contribution is 7.55. The van der Waals surface area contributed by atoms with E-state index in [0.717, 1.165) is 38.4 Å². The van der Waals surface area contributed by atoms with Gasteiger partial charge in [0.2, 0.25) is 0 Å². The number of piperidine rings is 1. The number of hydrogen-bond donors (Lipinski definition) is 1. The predicted octanol–water partition coefficient (Wildman–Crippen LogP) is 1.88. The predicted molar refractivity (Wildman–Crippen MR) is 90.9 cm³/mol. The summed E-state index contributed by atoms with van der Waals surface area (Å²) >= 11 is 0. The third-order valence-corrected chi connectivity index (χ3v) is 7.68. The first-order valence-corrected chi connectivity index (χ1v) is 10.7. The van der Waals surface area contributed by atoms with Crippen LogP contribution in [-0.4, -0.2) is 73.7 Å². The van der Waals surface area contributed by atoms with E-state index in [1.54, 1.807) is 6.66 Å². The van der Waals surface area contributed by atoms with Crippen LogP contribution in [-0.2, 0) is 9.09 Å². The Labute approximate surface area is 138 Å². The lowest BCUT2D eigenvalue weighted by molar-refractivity contribution is -0.0382. The van der Waals surface area contributed by atoms with Gasteiger partial charge >= 0.3 is 0 Å². The van der Waals surface area contributed by atoms with Crippen molar-refractivity contribution in [1.29, 1.82) is 0 Å². The average molecular weight is 344 g/mol. The van der Waals surface area contributed by atoms with Crippen LogP contribution in [0.1, 0.15) is 32.1 Å². The van der Waals surface area contributed by atoms with E-state index in [0.29, 0.717) is 25.7 Å². The van der Waals surface area contributed by atoms with Crippen molar-refractivity contribution >= 4 is 7.52 Å². The molecule has 0 aromatic carbocycles. The van der Waals surface area contributed by atoms with Crippen LogP contribution in [0, 0.1) is 4.91 Å². The molecule has 3 aliphatic rings. The molecule has 0 bridgehead atoms. The van der Waals surface area contributed by atoms with E-state index in [4.69, 9.17) is 4.52 Å². The fourth-order valence-corrected chi connectivity index (χ4v) is 5.15. The number of nitroso groups, excluding NO2 is 1. The Morgan fingerprint density at radius 3 is 2.35 bits per heavy atom. The Kier molecular flexibility index (Phi) is 5.24. The van der Waals surface area contributed by atoms with Gasteiger partial charge in [0.25, 0.3) is 7.52 Å². The lowest BCUT2D eigenvalue weighted by Crippen LogP contribution is -2.70. The summed E-state index contributed by atoms with van der Waals surface area (Å²) in [6.45, 7) is 5.50. The third kappa shape index (κ3) is 3.85. The average Bonchev–Trinajstić information content (AvgIpc) is 3.31. The summed E-state index contributed by atoms with van der Waals surface area (Å²) in [5, 5.41) is 6.78. The Morgan fingerprint density at radius 2 is 1.83 bits per heavy atom. The molecule has 7 nitrogen and oxygen atoms in total. The van der Waals surface area contributed by atoms with Crippen molar-refractivity contribution in [2.75, 3.05) is 46.5 Å². The highest BCUT2D eigenvalue weighted by atomic mass is 31.2. The number of nitrogens with one attached hydrogen (secondary N) is 1. The highest BCUT2D eigenvalue weighted by Gasteiger charge is 2.52. The van der Waals surface area contributed by atoms with Gasteiger partial charge in [0.15, 0.2) is 0 Å². The summed E-state index contributed by atoms with van der Waals surface area (Å²) in [6.07, 6.45) is 5.71. The molecule has 0 aromatic rings. The summed E-state index contributed by atoms with van der Waals surface area (Å²) in [6, 6.07) is 1.39. The quantitative estimate of drug-likeness (QED) is 0.535. The van der Waals surface area contributed by atoms with Crippen LogP contribution >= 0.6 is 7.52 Å². The Hall–Kier alpha value is -0.330. The Morgan fingerprint density at radius 1 is 1.22 bits per heavy atom. The van der Waals surface area contributed by atoms with Crippen LogP contribution < -0.4 is 5.32 Å². The lowest BCUT2D eigenvalue weighted by Gasteiger charge is -2.58. The van der Waals surface area contributed by atoms with E-state index in [2.05, 4.69) is 15.4 Å². The van der Waals surface area contributed by atoms with Crippen LogP contribution in [0.2, 0.25) is 0 Å². The van der Waals surface area contributed by atoms with Crippen LogP contribution in [0.25, 0.3) is 0 Å². The van der Waals surface area contributed by atoms with Crippen LogP contribution in [0.3, 0.4) is 0 Å². The van der Waals surface area contributed by atoms with Gasteiger partial charge in [0.05, 0.1) is 6.54 Å². The maximum Gasteiger partial charge on any atom is 0.269 e. The normalized spacial score (nSPS) is 29.0. The zero-order chi connectivity index (χ0) is 16.5. The minimum Gasteiger partial charge on any atom is -0.321 e. The zero-order valence-corrected chi connectivity index (χ0v) is 15.1. The van der Waals surface area contributed by atoms with Crippen molar-refractivity contribution in [2.24, 2.45) is 5.18 Å². The van der Waals surface area contributed by atoms with Gasteiger partial charge in [-0.05, 0) is 32.1 Å². The number of rotatable bonds is 8. The monoisotopic (exact) mass is 344 g/mol. The van der Waals surface area contributed by atoms with Gasteiger partial charge in [0.1, 0.15) is 0 Å². The molecular formula is C15H29N4O3P. The summed E-state index contributed by atoms with van der Waals surface area (Å²) < 4.78 is 19.5. The maximum atomic E-state index is 12.4. The van der Waals surface area contributed by atoms with Crippen molar-refractivity contribution in [3.63, 3.8) is 0 Å². The molecule has 3 rings (SSSR count). The number of nitrogens with zero attached hydrogens (tertiary/aromatic N) is 3. The molecule has 1 unspecified atom stereocenters. The SMILES string of the molecule is COP(C)(=O)N1CC(CCN=O)(N2CCC(NC3CC3)CC2)C1. The van der Waals surface area contributed by atoms with Crippen molar-refractivity contribution in [1.82, 2.24) is 14.9 Å². The first kappa shape index (κ1) is 17.5. The standard InChI is InChI=1S/C15H29N4O3P/c1-22-23(2,21)19-11-15(12-19,7-8-16-20)18-9-5-14(6-10-18)17-13-3-4-13/h13-14,17H,3-12H2,1-2H3. The van der Waals surface area contributed by atoms with Gasteiger partial charge in [-0.1, -0.05) is 5.18 Å². The van der Waals surface area contributed by atoms with E-state index in [1.165, 1.54) is 20.0 Å². The topological polar surface area (TPSA) is 74.2 Å². The molecule has 8 heteroatoms.